The molecule has 4 heteroatoms. The molecular weight excluding hydrogens is 210 g/mol. The predicted octanol–water partition coefficient (Wildman–Crippen LogP) is 1.91. The van der Waals surface area contributed by atoms with E-state index in [1.54, 1.807) is 0 Å². The Morgan fingerprint density at radius 3 is 3.13 bits per heavy atom. The van der Waals surface area contributed by atoms with E-state index in [9.17, 15) is 9.90 Å². The molecule has 1 aromatic heterocycles. The van der Waals surface area contributed by atoms with Gasteiger partial charge in [-0.3, -0.25) is 4.79 Å². The van der Waals surface area contributed by atoms with Crippen LogP contribution >= 0.6 is 11.3 Å². The molecule has 0 spiro atoms. The van der Waals surface area contributed by atoms with Gasteiger partial charge in [-0.15, -0.1) is 11.3 Å². The van der Waals surface area contributed by atoms with Crippen molar-refractivity contribution < 1.29 is 9.90 Å². The number of aliphatic hydroxyl groups excluding tert-OH is 1. The maximum atomic E-state index is 10.6. The number of rotatable bonds is 3. The van der Waals surface area contributed by atoms with Crippen LogP contribution in [0.15, 0.2) is 11.4 Å². The first-order chi connectivity index (χ1) is 7.19. The summed E-state index contributed by atoms with van der Waals surface area (Å²) in [5.74, 6) is 0. The van der Waals surface area contributed by atoms with Crippen LogP contribution in [0, 0.1) is 0 Å². The fourth-order valence-electron chi connectivity index (χ4n) is 2.17. The minimum absolute atomic E-state index is 0.152. The lowest BCUT2D eigenvalue weighted by Crippen LogP contribution is -2.44. The first-order valence-corrected chi connectivity index (χ1v) is 6.00. The molecule has 0 saturated carbocycles. The third kappa shape index (κ3) is 1.79. The SMILES string of the molecule is CC1(CO)CCCN1c1csc(C=O)c1. The second-order valence-corrected chi connectivity index (χ2v) is 5.18. The van der Waals surface area contributed by atoms with E-state index in [1.165, 1.54) is 11.3 Å². The van der Waals surface area contributed by atoms with Gasteiger partial charge in [-0.25, -0.2) is 0 Å². The molecule has 15 heavy (non-hydrogen) atoms. The zero-order valence-electron chi connectivity index (χ0n) is 8.77. The number of carbonyl (C=O) groups is 1. The lowest BCUT2D eigenvalue weighted by molar-refractivity contribution is 0.112. The highest BCUT2D eigenvalue weighted by molar-refractivity contribution is 7.12. The first kappa shape index (κ1) is 10.6. The summed E-state index contributed by atoms with van der Waals surface area (Å²) in [7, 11) is 0. The van der Waals surface area contributed by atoms with E-state index in [2.05, 4.69) is 11.8 Å². The quantitative estimate of drug-likeness (QED) is 0.799. The second-order valence-electron chi connectivity index (χ2n) is 4.24. The van der Waals surface area contributed by atoms with Crippen molar-refractivity contribution >= 4 is 23.3 Å². The summed E-state index contributed by atoms with van der Waals surface area (Å²) >= 11 is 1.46. The molecule has 1 aromatic rings. The Morgan fingerprint density at radius 1 is 1.73 bits per heavy atom. The molecule has 1 atom stereocenters. The molecule has 1 saturated heterocycles. The summed E-state index contributed by atoms with van der Waals surface area (Å²) < 4.78 is 0. The van der Waals surface area contributed by atoms with Crippen molar-refractivity contribution in [3.8, 4) is 0 Å². The van der Waals surface area contributed by atoms with Gasteiger partial charge in [0.25, 0.3) is 0 Å². The van der Waals surface area contributed by atoms with Gasteiger partial charge in [-0.2, -0.15) is 0 Å². The highest BCUT2D eigenvalue weighted by Crippen LogP contribution is 2.35. The Bertz CT molecular complexity index is 363. The number of hydrogen-bond donors (Lipinski definition) is 1. The molecule has 0 aliphatic carbocycles. The summed E-state index contributed by atoms with van der Waals surface area (Å²) in [5, 5.41) is 11.4. The normalized spacial score (nSPS) is 25.9. The molecule has 2 rings (SSSR count). The number of anilines is 1. The van der Waals surface area contributed by atoms with E-state index in [1.807, 2.05) is 11.4 Å². The van der Waals surface area contributed by atoms with Crippen LogP contribution in [0.4, 0.5) is 5.69 Å². The fraction of sp³-hybridized carbons (Fsp3) is 0.545. The summed E-state index contributed by atoms with van der Waals surface area (Å²) in [6.45, 7) is 3.20. The van der Waals surface area contributed by atoms with Crippen molar-refractivity contribution in [1.82, 2.24) is 0 Å². The third-order valence-corrected chi connectivity index (χ3v) is 3.97. The van der Waals surface area contributed by atoms with Gasteiger partial charge in [0.2, 0.25) is 0 Å². The molecule has 0 bridgehead atoms. The van der Waals surface area contributed by atoms with Crippen molar-refractivity contribution in [2.24, 2.45) is 0 Å². The molecular formula is C11H15NO2S. The molecule has 0 amide bonds. The molecule has 82 valence electrons. The Morgan fingerprint density at radius 2 is 2.53 bits per heavy atom. The van der Waals surface area contributed by atoms with Crippen molar-refractivity contribution in [2.45, 2.75) is 25.3 Å². The zero-order chi connectivity index (χ0) is 10.9. The predicted molar refractivity (Wildman–Crippen MR) is 61.8 cm³/mol. The summed E-state index contributed by atoms with van der Waals surface area (Å²) in [5.41, 5.74) is 0.914. The van der Waals surface area contributed by atoms with Crippen molar-refractivity contribution in [3.05, 3.63) is 16.3 Å². The van der Waals surface area contributed by atoms with Crippen LogP contribution in [0.5, 0.6) is 0 Å². The standard InChI is InChI=1S/C11H15NO2S/c1-11(8-14)3-2-4-12(11)9-5-10(6-13)15-7-9/h5-7,14H,2-4,8H2,1H3. The van der Waals surface area contributed by atoms with E-state index in [0.29, 0.717) is 0 Å². The molecule has 1 unspecified atom stereocenters. The summed E-state index contributed by atoms with van der Waals surface area (Å²) in [6.07, 6.45) is 2.99. The monoisotopic (exact) mass is 225 g/mol. The highest BCUT2D eigenvalue weighted by atomic mass is 32.1. The summed E-state index contributed by atoms with van der Waals surface area (Å²) in [4.78, 5) is 13.6. The second kappa shape index (κ2) is 3.94. The third-order valence-electron chi connectivity index (χ3n) is 3.12. The lowest BCUT2D eigenvalue weighted by Gasteiger charge is -2.34. The molecule has 2 heterocycles. The van der Waals surface area contributed by atoms with Gasteiger partial charge in [0.05, 0.1) is 17.0 Å². The number of hydrogen-bond acceptors (Lipinski definition) is 4. The molecule has 1 N–H and O–H groups in total. The molecule has 0 radical (unpaired) electrons. The van der Waals surface area contributed by atoms with E-state index in [4.69, 9.17) is 0 Å². The van der Waals surface area contributed by atoms with E-state index in [-0.39, 0.29) is 12.1 Å². The van der Waals surface area contributed by atoms with E-state index in [0.717, 1.165) is 36.2 Å². The number of carbonyl (C=O) groups excluding carboxylic acids is 1. The minimum Gasteiger partial charge on any atom is -0.394 e. The number of nitrogens with zero attached hydrogens (tertiary/aromatic N) is 1. The van der Waals surface area contributed by atoms with Crippen molar-refractivity contribution in [2.75, 3.05) is 18.1 Å². The van der Waals surface area contributed by atoms with E-state index >= 15 is 0 Å². The first-order valence-electron chi connectivity index (χ1n) is 5.12. The minimum atomic E-state index is -0.152. The number of aliphatic hydroxyl groups is 1. The number of thiophene rings is 1. The Hall–Kier alpha value is -0.870. The van der Waals surface area contributed by atoms with Gasteiger partial charge >= 0.3 is 0 Å². The summed E-state index contributed by atoms with van der Waals surface area (Å²) in [6, 6.07) is 1.90. The average Bonchev–Trinajstić information content (AvgIpc) is 2.84. The van der Waals surface area contributed by atoms with Crippen LogP contribution in [0.25, 0.3) is 0 Å². The molecule has 1 fully saturated rings. The number of aldehydes is 1. The zero-order valence-corrected chi connectivity index (χ0v) is 9.59. The Balaban J connectivity index is 2.26. The van der Waals surface area contributed by atoms with Crippen LogP contribution in [-0.4, -0.2) is 30.1 Å². The van der Waals surface area contributed by atoms with Crippen LogP contribution in [-0.2, 0) is 0 Å². The van der Waals surface area contributed by atoms with Gasteiger partial charge in [0.15, 0.2) is 6.29 Å². The molecule has 3 nitrogen and oxygen atoms in total. The van der Waals surface area contributed by atoms with Gasteiger partial charge in [0, 0.05) is 17.6 Å². The molecule has 1 aliphatic heterocycles. The lowest BCUT2D eigenvalue weighted by atomic mass is 10.0. The maximum absolute atomic E-state index is 10.6. The Kier molecular flexibility index (Phi) is 2.80. The van der Waals surface area contributed by atoms with Gasteiger partial charge in [0.1, 0.15) is 0 Å². The van der Waals surface area contributed by atoms with Crippen molar-refractivity contribution in [1.29, 1.82) is 0 Å². The largest absolute Gasteiger partial charge is 0.394 e. The highest BCUT2D eigenvalue weighted by Gasteiger charge is 2.36. The van der Waals surface area contributed by atoms with Crippen LogP contribution in [0.2, 0.25) is 0 Å². The van der Waals surface area contributed by atoms with Gasteiger partial charge < -0.3 is 10.0 Å². The van der Waals surface area contributed by atoms with Crippen molar-refractivity contribution in [3.63, 3.8) is 0 Å². The van der Waals surface area contributed by atoms with Gasteiger partial charge in [-0.1, -0.05) is 0 Å². The van der Waals surface area contributed by atoms with Gasteiger partial charge in [-0.05, 0) is 25.8 Å². The fourth-order valence-corrected chi connectivity index (χ4v) is 2.87. The molecule has 1 aliphatic rings. The topological polar surface area (TPSA) is 40.5 Å². The Labute approximate surface area is 93.3 Å². The smallest absolute Gasteiger partial charge is 0.160 e. The van der Waals surface area contributed by atoms with Crippen LogP contribution < -0.4 is 4.90 Å². The van der Waals surface area contributed by atoms with E-state index < -0.39 is 0 Å². The molecule has 0 aromatic carbocycles. The van der Waals surface area contributed by atoms with Crippen LogP contribution in [0.3, 0.4) is 0 Å². The average molecular weight is 225 g/mol. The maximum Gasteiger partial charge on any atom is 0.160 e. The van der Waals surface area contributed by atoms with Crippen LogP contribution in [0.1, 0.15) is 29.4 Å².